The number of aryl methyl sites for hydroxylation is 3. The molecule has 0 radical (unpaired) electrons. The molecule has 2 heterocycles. The normalized spacial score (nSPS) is 10.9. The molecule has 0 aliphatic rings. The number of thiophene rings is 1. The average molecular weight is 416 g/mol. The number of methoxy groups -OCH3 is 2. The largest absolute Gasteiger partial charge is 0.493 e. The standard InChI is InChI=1S/C21H25N3O4S/c1-12-13(2)29-20-19(12)21(26)24(14(3)23-20)11-18(25)22-9-8-15-6-7-16(27-4)17(10-15)28-5/h6-7,10H,8-9,11H2,1-5H3,(H,22,25). The molecule has 0 atom stereocenters. The van der Waals surface area contributed by atoms with Gasteiger partial charge >= 0.3 is 0 Å². The molecule has 1 amide bonds. The summed E-state index contributed by atoms with van der Waals surface area (Å²) in [4.78, 5) is 31.6. The van der Waals surface area contributed by atoms with E-state index in [1.54, 1.807) is 21.1 Å². The number of amides is 1. The molecule has 0 spiro atoms. The minimum Gasteiger partial charge on any atom is -0.493 e. The van der Waals surface area contributed by atoms with Gasteiger partial charge in [-0.25, -0.2) is 4.98 Å². The fraction of sp³-hybridized carbons (Fsp3) is 0.381. The highest BCUT2D eigenvalue weighted by Gasteiger charge is 2.16. The number of ether oxygens (including phenoxy) is 2. The monoisotopic (exact) mass is 415 g/mol. The molecule has 1 N–H and O–H groups in total. The molecular formula is C21H25N3O4S. The number of nitrogens with one attached hydrogen (secondary N) is 1. The van der Waals surface area contributed by atoms with Crippen molar-refractivity contribution >= 4 is 27.5 Å². The van der Waals surface area contributed by atoms with Crippen molar-refractivity contribution in [2.75, 3.05) is 20.8 Å². The Hall–Kier alpha value is -2.87. The molecule has 0 aliphatic heterocycles. The Kier molecular flexibility index (Phi) is 6.22. The first-order valence-electron chi connectivity index (χ1n) is 9.30. The van der Waals surface area contributed by atoms with Crippen molar-refractivity contribution in [3.63, 3.8) is 0 Å². The van der Waals surface area contributed by atoms with Gasteiger partial charge in [-0.3, -0.25) is 14.2 Å². The van der Waals surface area contributed by atoms with E-state index in [2.05, 4.69) is 10.3 Å². The van der Waals surface area contributed by atoms with Gasteiger partial charge in [0.25, 0.3) is 5.56 Å². The fourth-order valence-electron chi connectivity index (χ4n) is 3.20. The third-order valence-corrected chi connectivity index (χ3v) is 6.07. The van der Waals surface area contributed by atoms with E-state index in [9.17, 15) is 9.59 Å². The second-order valence-corrected chi connectivity index (χ2v) is 8.01. The van der Waals surface area contributed by atoms with Crippen LogP contribution in [0.15, 0.2) is 23.0 Å². The van der Waals surface area contributed by atoms with Crippen molar-refractivity contribution in [1.82, 2.24) is 14.9 Å². The van der Waals surface area contributed by atoms with Crippen LogP contribution in [0.2, 0.25) is 0 Å². The molecular weight excluding hydrogens is 390 g/mol. The topological polar surface area (TPSA) is 82.5 Å². The number of hydrogen-bond acceptors (Lipinski definition) is 6. The Morgan fingerprint density at radius 1 is 1.17 bits per heavy atom. The van der Waals surface area contributed by atoms with E-state index in [0.717, 1.165) is 20.8 Å². The minimum atomic E-state index is -0.221. The van der Waals surface area contributed by atoms with Gasteiger partial charge in [-0.2, -0.15) is 0 Å². The molecule has 0 aliphatic carbocycles. The summed E-state index contributed by atoms with van der Waals surface area (Å²) in [7, 11) is 3.18. The highest BCUT2D eigenvalue weighted by atomic mass is 32.1. The van der Waals surface area contributed by atoms with Gasteiger partial charge in [-0.15, -0.1) is 11.3 Å². The van der Waals surface area contributed by atoms with E-state index >= 15 is 0 Å². The van der Waals surface area contributed by atoms with E-state index in [4.69, 9.17) is 9.47 Å². The van der Waals surface area contributed by atoms with Crippen LogP contribution in [0.25, 0.3) is 10.2 Å². The second-order valence-electron chi connectivity index (χ2n) is 6.80. The van der Waals surface area contributed by atoms with Gasteiger partial charge in [-0.1, -0.05) is 6.07 Å². The molecule has 0 saturated heterocycles. The van der Waals surface area contributed by atoms with Crippen molar-refractivity contribution < 1.29 is 14.3 Å². The summed E-state index contributed by atoms with van der Waals surface area (Å²) in [5.74, 6) is 1.64. The molecule has 0 unspecified atom stereocenters. The van der Waals surface area contributed by atoms with Crippen molar-refractivity contribution in [3.8, 4) is 11.5 Å². The number of carbonyl (C=O) groups is 1. The summed E-state index contributed by atoms with van der Waals surface area (Å²) >= 11 is 1.51. The van der Waals surface area contributed by atoms with Crippen molar-refractivity contribution in [1.29, 1.82) is 0 Å². The first-order valence-corrected chi connectivity index (χ1v) is 10.1. The lowest BCUT2D eigenvalue weighted by atomic mass is 10.1. The van der Waals surface area contributed by atoms with Gasteiger partial charge in [0.1, 0.15) is 17.2 Å². The lowest BCUT2D eigenvalue weighted by molar-refractivity contribution is -0.121. The lowest BCUT2D eigenvalue weighted by Gasteiger charge is -2.11. The molecule has 0 bridgehead atoms. The van der Waals surface area contributed by atoms with E-state index < -0.39 is 0 Å². The summed E-state index contributed by atoms with van der Waals surface area (Å²) in [5, 5.41) is 3.48. The lowest BCUT2D eigenvalue weighted by Crippen LogP contribution is -2.34. The van der Waals surface area contributed by atoms with E-state index in [1.807, 2.05) is 32.0 Å². The van der Waals surface area contributed by atoms with Gasteiger partial charge < -0.3 is 14.8 Å². The molecule has 3 aromatic rings. The first-order chi connectivity index (χ1) is 13.8. The number of carbonyl (C=O) groups excluding carboxylic acids is 1. The maximum Gasteiger partial charge on any atom is 0.263 e. The van der Waals surface area contributed by atoms with Crippen molar-refractivity contribution in [3.05, 3.63) is 50.4 Å². The van der Waals surface area contributed by atoms with Crippen LogP contribution in [-0.2, 0) is 17.8 Å². The van der Waals surface area contributed by atoms with Gasteiger partial charge in [0.2, 0.25) is 5.91 Å². The maximum absolute atomic E-state index is 12.9. The third kappa shape index (κ3) is 4.27. The molecule has 2 aromatic heterocycles. The zero-order valence-corrected chi connectivity index (χ0v) is 18.1. The van der Waals surface area contributed by atoms with E-state index in [-0.39, 0.29) is 18.0 Å². The third-order valence-electron chi connectivity index (χ3n) is 4.97. The summed E-state index contributed by atoms with van der Waals surface area (Å²) in [6, 6.07) is 5.66. The minimum absolute atomic E-state index is 0.0477. The molecule has 1 aromatic carbocycles. The Bertz CT molecular complexity index is 1120. The van der Waals surface area contributed by atoms with Crippen LogP contribution in [0.4, 0.5) is 0 Å². The van der Waals surface area contributed by atoms with Gasteiger partial charge in [0.05, 0.1) is 19.6 Å². The second kappa shape index (κ2) is 8.65. The smallest absolute Gasteiger partial charge is 0.263 e. The molecule has 7 nitrogen and oxygen atoms in total. The number of nitrogens with zero attached hydrogens (tertiary/aromatic N) is 2. The summed E-state index contributed by atoms with van der Waals surface area (Å²) in [5.41, 5.74) is 1.79. The highest BCUT2D eigenvalue weighted by molar-refractivity contribution is 7.18. The molecule has 0 saturated carbocycles. The number of fused-ring (bicyclic) bond motifs is 1. The quantitative estimate of drug-likeness (QED) is 0.642. The summed E-state index contributed by atoms with van der Waals surface area (Å²) in [6.45, 7) is 6.05. The first kappa shape index (κ1) is 20.9. The number of hydrogen-bond donors (Lipinski definition) is 1. The van der Waals surface area contributed by atoms with Crippen molar-refractivity contribution in [2.24, 2.45) is 0 Å². The van der Waals surface area contributed by atoms with Gasteiger partial charge in [0.15, 0.2) is 11.5 Å². The maximum atomic E-state index is 12.9. The van der Waals surface area contributed by atoms with Crippen LogP contribution >= 0.6 is 11.3 Å². The zero-order valence-electron chi connectivity index (χ0n) is 17.3. The number of rotatable bonds is 7. The summed E-state index contributed by atoms with van der Waals surface area (Å²) in [6.07, 6.45) is 0.639. The summed E-state index contributed by atoms with van der Waals surface area (Å²) < 4.78 is 12.0. The van der Waals surface area contributed by atoms with E-state index in [0.29, 0.717) is 35.7 Å². The molecule has 3 rings (SSSR count). The molecule has 8 heteroatoms. The van der Waals surface area contributed by atoms with Crippen LogP contribution < -0.4 is 20.3 Å². The Morgan fingerprint density at radius 2 is 1.90 bits per heavy atom. The fourth-order valence-corrected chi connectivity index (χ4v) is 4.26. The Morgan fingerprint density at radius 3 is 2.59 bits per heavy atom. The predicted molar refractivity (Wildman–Crippen MR) is 114 cm³/mol. The Labute approximate surface area is 173 Å². The zero-order chi connectivity index (χ0) is 21.1. The Balaban J connectivity index is 1.67. The predicted octanol–water partition coefficient (Wildman–Crippen LogP) is 2.76. The average Bonchev–Trinajstić information content (AvgIpc) is 2.98. The van der Waals surface area contributed by atoms with Crippen LogP contribution in [0.5, 0.6) is 11.5 Å². The highest BCUT2D eigenvalue weighted by Crippen LogP contribution is 2.28. The van der Waals surface area contributed by atoms with Crippen LogP contribution in [0, 0.1) is 20.8 Å². The van der Waals surface area contributed by atoms with Crippen LogP contribution in [-0.4, -0.2) is 36.2 Å². The van der Waals surface area contributed by atoms with Crippen LogP contribution in [0.1, 0.15) is 21.8 Å². The van der Waals surface area contributed by atoms with Gasteiger partial charge in [0, 0.05) is 11.4 Å². The SMILES string of the molecule is COc1ccc(CCNC(=O)Cn2c(C)nc3sc(C)c(C)c3c2=O)cc1OC. The van der Waals surface area contributed by atoms with Gasteiger partial charge in [-0.05, 0) is 50.5 Å². The van der Waals surface area contributed by atoms with Crippen molar-refractivity contribution in [2.45, 2.75) is 33.7 Å². The van der Waals surface area contributed by atoms with Crippen LogP contribution in [0.3, 0.4) is 0 Å². The number of aromatic nitrogens is 2. The molecule has 154 valence electrons. The number of benzene rings is 1. The molecule has 29 heavy (non-hydrogen) atoms. The molecule has 0 fully saturated rings. The van der Waals surface area contributed by atoms with E-state index in [1.165, 1.54) is 15.9 Å².